The molecule has 0 heterocycles. The molecule has 2 aromatic rings. The number of nitrogens with one attached hydrogen (secondary N) is 1. The molecule has 21 heavy (non-hydrogen) atoms. The highest BCUT2D eigenvalue weighted by atomic mass is 16.5. The number of hydrogen-bond donors (Lipinski definition) is 2. The first-order valence-electron chi connectivity index (χ1n) is 7.02. The molecule has 2 aromatic carbocycles. The lowest BCUT2D eigenvalue weighted by atomic mass is 10.1. The van der Waals surface area contributed by atoms with Crippen LogP contribution in [0.15, 0.2) is 48.5 Å². The van der Waals surface area contributed by atoms with Gasteiger partial charge in [-0.1, -0.05) is 30.3 Å². The number of carbonyl (C=O) groups is 1. The number of anilines is 1. The van der Waals surface area contributed by atoms with E-state index in [1.807, 2.05) is 55.5 Å². The topological polar surface area (TPSA) is 64.3 Å². The van der Waals surface area contributed by atoms with Crippen LogP contribution in [0.25, 0.3) is 0 Å². The normalized spacial score (nSPS) is 10.2. The SMILES string of the molecule is CCOc1ccc(NC(=O)Cc2ccccc2)cc1CN. The van der Waals surface area contributed by atoms with Gasteiger partial charge in [0.15, 0.2) is 0 Å². The summed E-state index contributed by atoms with van der Waals surface area (Å²) in [5.74, 6) is 0.717. The Morgan fingerprint density at radius 1 is 1.19 bits per heavy atom. The number of hydrogen-bond acceptors (Lipinski definition) is 3. The van der Waals surface area contributed by atoms with Crippen molar-refractivity contribution in [1.82, 2.24) is 0 Å². The van der Waals surface area contributed by atoms with Gasteiger partial charge in [-0.25, -0.2) is 0 Å². The maximum absolute atomic E-state index is 12.0. The Balaban J connectivity index is 2.04. The van der Waals surface area contributed by atoms with Crippen LogP contribution in [0.1, 0.15) is 18.1 Å². The lowest BCUT2D eigenvalue weighted by molar-refractivity contribution is -0.115. The lowest BCUT2D eigenvalue weighted by Gasteiger charge is -2.11. The van der Waals surface area contributed by atoms with Crippen molar-refractivity contribution in [2.75, 3.05) is 11.9 Å². The van der Waals surface area contributed by atoms with E-state index >= 15 is 0 Å². The molecule has 0 spiro atoms. The van der Waals surface area contributed by atoms with E-state index in [1.165, 1.54) is 0 Å². The van der Waals surface area contributed by atoms with Gasteiger partial charge in [-0.2, -0.15) is 0 Å². The van der Waals surface area contributed by atoms with Gasteiger partial charge in [-0.05, 0) is 30.7 Å². The minimum Gasteiger partial charge on any atom is -0.494 e. The van der Waals surface area contributed by atoms with Gasteiger partial charge in [0.1, 0.15) is 5.75 Å². The number of rotatable bonds is 6. The van der Waals surface area contributed by atoms with Gasteiger partial charge in [0.05, 0.1) is 13.0 Å². The summed E-state index contributed by atoms with van der Waals surface area (Å²) in [4.78, 5) is 12.0. The van der Waals surface area contributed by atoms with Crippen LogP contribution in [0.3, 0.4) is 0 Å². The molecule has 0 aromatic heterocycles. The molecular formula is C17H20N2O2. The van der Waals surface area contributed by atoms with Crippen LogP contribution in [0, 0.1) is 0 Å². The maximum atomic E-state index is 12.0. The first kappa shape index (κ1) is 15.1. The van der Waals surface area contributed by atoms with Crippen molar-refractivity contribution >= 4 is 11.6 Å². The second-order valence-electron chi connectivity index (χ2n) is 4.67. The molecule has 0 unspecified atom stereocenters. The molecule has 0 radical (unpaired) electrons. The second kappa shape index (κ2) is 7.45. The molecular weight excluding hydrogens is 264 g/mol. The standard InChI is InChI=1S/C17H20N2O2/c1-2-21-16-9-8-15(11-14(16)12-18)19-17(20)10-13-6-4-3-5-7-13/h3-9,11H,2,10,12,18H2,1H3,(H,19,20). The summed E-state index contributed by atoms with van der Waals surface area (Å²) in [6.07, 6.45) is 0.353. The van der Waals surface area contributed by atoms with Gasteiger partial charge in [-0.15, -0.1) is 0 Å². The van der Waals surface area contributed by atoms with E-state index in [2.05, 4.69) is 5.32 Å². The average Bonchev–Trinajstić information content (AvgIpc) is 2.50. The third kappa shape index (κ3) is 4.33. The first-order chi connectivity index (χ1) is 10.2. The van der Waals surface area contributed by atoms with Crippen molar-refractivity contribution in [1.29, 1.82) is 0 Å². The quantitative estimate of drug-likeness (QED) is 0.857. The zero-order valence-corrected chi connectivity index (χ0v) is 12.1. The summed E-state index contributed by atoms with van der Waals surface area (Å²) in [7, 11) is 0. The van der Waals surface area contributed by atoms with Crippen molar-refractivity contribution in [3.63, 3.8) is 0 Å². The molecule has 3 N–H and O–H groups in total. The summed E-state index contributed by atoms with van der Waals surface area (Å²) in [5, 5.41) is 2.88. The molecule has 4 nitrogen and oxygen atoms in total. The summed E-state index contributed by atoms with van der Waals surface area (Å²) < 4.78 is 5.49. The Labute approximate surface area is 124 Å². The molecule has 0 atom stereocenters. The molecule has 0 fully saturated rings. The van der Waals surface area contributed by atoms with Gasteiger partial charge < -0.3 is 15.8 Å². The molecule has 0 saturated heterocycles. The fraction of sp³-hybridized carbons (Fsp3) is 0.235. The van der Waals surface area contributed by atoms with E-state index in [4.69, 9.17) is 10.5 Å². The third-order valence-electron chi connectivity index (χ3n) is 3.07. The minimum absolute atomic E-state index is 0.0478. The van der Waals surface area contributed by atoms with Crippen LogP contribution >= 0.6 is 0 Å². The Hall–Kier alpha value is -2.33. The molecule has 1 amide bonds. The molecule has 0 aliphatic heterocycles. The minimum atomic E-state index is -0.0478. The van der Waals surface area contributed by atoms with Crippen LogP contribution < -0.4 is 15.8 Å². The van der Waals surface area contributed by atoms with Gasteiger partial charge in [0, 0.05) is 17.8 Å². The zero-order chi connectivity index (χ0) is 15.1. The second-order valence-corrected chi connectivity index (χ2v) is 4.67. The summed E-state index contributed by atoms with van der Waals surface area (Å²) in [6.45, 7) is 2.89. The highest BCUT2D eigenvalue weighted by Gasteiger charge is 2.07. The van der Waals surface area contributed by atoms with Gasteiger partial charge in [0.25, 0.3) is 0 Å². The highest BCUT2D eigenvalue weighted by molar-refractivity contribution is 5.92. The average molecular weight is 284 g/mol. The third-order valence-corrected chi connectivity index (χ3v) is 3.07. The maximum Gasteiger partial charge on any atom is 0.228 e. The van der Waals surface area contributed by atoms with Gasteiger partial charge >= 0.3 is 0 Å². The fourth-order valence-corrected chi connectivity index (χ4v) is 2.10. The molecule has 0 aliphatic carbocycles. The van der Waals surface area contributed by atoms with E-state index in [9.17, 15) is 4.79 Å². The lowest BCUT2D eigenvalue weighted by Crippen LogP contribution is -2.15. The van der Waals surface area contributed by atoms with Crippen molar-refractivity contribution < 1.29 is 9.53 Å². The Morgan fingerprint density at radius 2 is 1.95 bits per heavy atom. The summed E-state index contributed by atoms with van der Waals surface area (Å²) >= 11 is 0. The van der Waals surface area contributed by atoms with E-state index in [-0.39, 0.29) is 5.91 Å². The Kier molecular flexibility index (Phi) is 5.35. The van der Waals surface area contributed by atoms with E-state index in [0.717, 1.165) is 22.6 Å². The van der Waals surface area contributed by atoms with Crippen LogP contribution in [0.4, 0.5) is 5.69 Å². The smallest absolute Gasteiger partial charge is 0.228 e. The highest BCUT2D eigenvalue weighted by Crippen LogP contribution is 2.22. The molecule has 4 heteroatoms. The number of amides is 1. The van der Waals surface area contributed by atoms with E-state index in [1.54, 1.807) is 0 Å². The molecule has 0 aliphatic rings. The zero-order valence-electron chi connectivity index (χ0n) is 12.1. The van der Waals surface area contributed by atoms with E-state index in [0.29, 0.717) is 19.6 Å². The van der Waals surface area contributed by atoms with Crippen LogP contribution in [-0.4, -0.2) is 12.5 Å². The van der Waals surface area contributed by atoms with Crippen molar-refractivity contribution in [2.24, 2.45) is 5.73 Å². The molecule has 0 bridgehead atoms. The van der Waals surface area contributed by atoms with Crippen LogP contribution in [0.5, 0.6) is 5.75 Å². The van der Waals surface area contributed by atoms with Crippen molar-refractivity contribution in [3.05, 3.63) is 59.7 Å². The predicted molar refractivity (Wildman–Crippen MR) is 84.3 cm³/mol. The molecule has 110 valence electrons. The molecule has 0 saturated carbocycles. The predicted octanol–water partition coefficient (Wildman–Crippen LogP) is 2.73. The molecule has 2 rings (SSSR count). The monoisotopic (exact) mass is 284 g/mol. The summed E-state index contributed by atoms with van der Waals surface area (Å²) in [5.41, 5.74) is 8.32. The number of carbonyl (C=O) groups excluding carboxylic acids is 1. The summed E-state index contributed by atoms with van der Waals surface area (Å²) in [6, 6.07) is 15.2. The Bertz CT molecular complexity index is 597. The van der Waals surface area contributed by atoms with Gasteiger partial charge in [0.2, 0.25) is 5.91 Å². The van der Waals surface area contributed by atoms with Crippen molar-refractivity contribution in [3.8, 4) is 5.75 Å². The fourth-order valence-electron chi connectivity index (χ4n) is 2.10. The van der Waals surface area contributed by atoms with E-state index < -0.39 is 0 Å². The van der Waals surface area contributed by atoms with Crippen LogP contribution in [-0.2, 0) is 17.8 Å². The first-order valence-corrected chi connectivity index (χ1v) is 7.02. The number of ether oxygens (including phenoxy) is 1. The van der Waals surface area contributed by atoms with Gasteiger partial charge in [-0.3, -0.25) is 4.79 Å². The number of benzene rings is 2. The largest absolute Gasteiger partial charge is 0.494 e. The van der Waals surface area contributed by atoms with Crippen molar-refractivity contribution in [2.45, 2.75) is 19.9 Å². The Morgan fingerprint density at radius 3 is 2.62 bits per heavy atom. The van der Waals surface area contributed by atoms with Crippen LogP contribution in [0.2, 0.25) is 0 Å². The number of nitrogens with two attached hydrogens (primary N) is 1.